The lowest BCUT2D eigenvalue weighted by atomic mass is 10.0. The molecule has 0 bridgehead atoms. The summed E-state index contributed by atoms with van der Waals surface area (Å²) in [7, 11) is 0. The Kier molecular flexibility index (Phi) is 4.27. The Hall–Kier alpha value is -1.75. The molecular weight excluding hydrogens is 270 g/mol. The molecular formula is C13H14ClNO4. The molecule has 1 fully saturated rings. The Balaban J connectivity index is 1.69. The summed E-state index contributed by atoms with van der Waals surface area (Å²) in [5.41, 5.74) is 0. The highest BCUT2D eigenvalue weighted by molar-refractivity contribution is 6.30. The maximum absolute atomic E-state index is 11.7. The smallest absolute Gasteiger partial charge is 0.310 e. The van der Waals surface area contributed by atoms with Crippen molar-refractivity contribution < 1.29 is 19.4 Å². The molecule has 0 aliphatic carbocycles. The zero-order chi connectivity index (χ0) is 13.8. The number of benzene rings is 1. The summed E-state index contributed by atoms with van der Waals surface area (Å²) in [6.07, 6.45) is 0.235. The number of halogens is 1. The quantitative estimate of drug-likeness (QED) is 0.892. The average Bonchev–Trinajstić information content (AvgIpc) is 2.26. The topological polar surface area (TPSA) is 66.8 Å². The molecule has 0 spiro atoms. The van der Waals surface area contributed by atoms with Crippen LogP contribution >= 0.6 is 11.6 Å². The molecule has 0 atom stereocenters. The van der Waals surface area contributed by atoms with Crippen molar-refractivity contribution in [2.24, 2.45) is 5.92 Å². The Morgan fingerprint density at radius 1 is 1.42 bits per heavy atom. The maximum Gasteiger partial charge on any atom is 0.310 e. The maximum atomic E-state index is 11.7. The Morgan fingerprint density at radius 3 is 2.79 bits per heavy atom. The van der Waals surface area contributed by atoms with Gasteiger partial charge in [0.05, 0.1) is 18.9 Å². The first-order chi connectivity index (χ1) is 9.06. The molecule has 1 aromatic carbocycles. The van der Waals surface area contributed by atoms with E-state index in [1.165, 1.54) is 4.90 Å². The van der Waals surface area contributed by atoms with Gasteiger partial charge in [0.15, 0.2) is 0 Å². The van der Waals surface area contributed by atoms with Gasteiger partial charge in [-0.15, -0.1) is 0 Å². The number of rotatable bonds is 5. The number of carboxylic acid groups (broad SMARTS) is 1. The molecule has 0 radical (unpaired) electrons. The Morgan fingerprint density at radius 2 is 2.16 bits per heavy atom. The third-order valence-corrected chi connectivity index (χ3v) is 3.20. The molecule has 5 nitrogen and oxygen atoms in total. The van der Waals surface area contributed by atoms with Crippen molar-refractivity contribution in [2.75, 3.05) is 19.7 Å². The normalized spacial score (nSPS) is 14.9. The molecule has 0 aromatic heterocycles. The molecule has 1 saturated heterocycles. The predicted octanol–water partition coefficient (Wildman–Crippen LogP) is 1.65. The van der Waals surface area contributed by atoms with Crippen LogP contribution in [0.5, 0.6) is 5.75 Å². The van der Waals surface area contributed by atoms with Crippen molar-refractivity contribution in [2.45, 2.75) is 6.42 Å². The van der Waals surface area contributed by atoms with Gasteiger partial charge in [-0.1, -0.05) is 17.7 Å². The first-order valence-electron chi connectivity index (χ1n) is 5.95. The number of amides is 1. The SMILES string of the molecule is O=C(O)C1CN(C(=O)CCOc2cccc(Cl)c2)C1. The number of carbonyl (C=O) groups excluding carboxylic acids is 1. The van der Waals surface area contributed by atoms with E-state index in [1.807, 2.05) is 0 Å². The summed E-state index contributed by atoms with van der Waals surface area (Å²) >= 11 is 5.80. The molecule has 2 rings (SSSR count). The second-order valence-corrected chi connectivity index (χ2v) is 4.83. The van der Waals surface area contributed by atoms with E-state index < -0.39 is 11.9 Å². The monoisotopic (exact) mass is 283 g/mol. The van der Waals surface area contributed by atoms with Gasteiger partial charge in [-0.25, -0.2) is 0 Å². The highest BCUT2D eigenvalue weighted by atomic mass is 35.5. The van der Waals surface area contributed by atoms with Gasteiger partial charge in [0.2, 0.25) is 5.91 Å². The van der Waals surface area contributed by atoms with Crippen molar-refractivity contribution in [3.63, 3.8) is 0 Å². The van der Waals surface area contributed by atoms with E-state index >= 15 is 0 Å². The molecule has 1 amide bonds. The lowest BCUT2D eigenvalue weighted by Gasteiger charge is -2.36. The van der Waals surface area contributed by atoms with Crippen LogP contribution < -0.4 is 4.74 Å². The zero-order valence-electron chi connectivity index (χ0n) is 10.2. The van der Waals surface area contributed by atoms with Gasteiger partial charge in [0.25, 0.3) is 0 Å². The van der Waals surface area contributed by atoms with Gasteiger partial charge in [-0.2, -0.15) is 0 Å². The van der Waals surface area contributed by atoms with Gasteiger partial charge in [0.1, 0.15) is 5.75 Å². The molecule has 102 valence electrons. The van der Waals surface area contributed by atoms with Crippen LogP contribution in [0.2, 0.25) is 5.02 Å². The summed E-state index contributed by atoms with van der Waals surface area (Å²) in [5, 5.41) is 9.29. The van der Waals surface area contributed by atoms with Crippen LogP contribution in [-0.4, -0.2) is 41.6 Å². The van der Waals surface area contributed by atoms with Gasteiger partial charge in [-0.3, -0.25) is 9.59 Å². The average molecular weight is 284 g/mol. The molecule has 1 aliphatic rings. The minimum absolute atomic E-state index is 0.0838. The number of hydrogen-bond acceptors (Lipinski definition) is 3. The second kappa shape index (κ2) is 5.93. The largest absolute Gasteiger partial charge is 0.493 e. The first kappa shape index (κ1) is 13.7. The first-order valence-corrected chi connectivity index (χ1v) is 6.33. The van der Waals surface area contributed by atoms with Crippen molar-refractivity contribution >= 4 is 23.5 Å². The van der Waals surface area contributed by atoms with Gasteiger partial charge >= 0.3 is 5.97 Å². The second-order valence-electron chi connectivity index (χ2n) is 4.39. The van der Waals surface area contributed by atoms with E-state index in [-0.39, 0.29) is 18.9 Å². The van der Waals surface area contributed by atoms with Crippen LogP contribution in [0.4, 0.5) is 0 Å². The minimum atomic E-state index is -0.848. The summed E-state index contributed by atoms with van der Waals surface area (Å²) in [4.78, 5) is 23.8. The molecule has 1 heterocycles. The number of aliphatic carboxylic acids is 1. The number of carboxylic acids is 1. The number of carbonyl (C=O) groups is 2. The van der Waals surface area contributed by atoms with Crippen LogP contribution in [0.25, 0.3) is 0 Å². The summed E-state index contributed by atoms with van der Waals surface area (Å²) in [6, 6.07) is 6.95. The molecule has 19 heavy (non-hydrogen) atoms. The van der Waals surface area contributed by atoms with Crippen LogP contribution in [0.1, 0.15) is 6.42 Å². The van der Waals surface area contributed by atoms with Crippen molar-refractivity contribution in [3.8, 4) is 5.75 Å². The molecule has 0 unspecified atom stereocenters. The van der Waals surface area contributed by atoms with Crippen molar-refractivity contribution in [3.05, 3.63) is 29.3 Å². The van der Waals surface area contributed by atoms with Crippen LogP contribution in [0.3, 0.4) is 0 Å². The highest BCUT2D eigenvalue weighted by Gasteiger charge is 2.35. The lowest BCUT2D eigenvalue weighted by Crippen LogP contribution is -2.53. The molecule has 6 heteroatoms. The summed E-state index contributed by atoms with van der Waals surface area (Å²) in [6.45, 7) is 0.851. The Bertz CT molecular complexity index is 485. The van der Waals surface area contributed by atoms with Gasteiger partial charge in [-0.05, 0) is 18.2 Å². The van der Waals surface area contributed by atoms with E-state index in [9.17, 15) is 9.59 Å². The van der Waals surface area contributed by atoms with Crippen LogP contribution in [0, 0.1) is 5.92 Å². The third-order valence-electron chi connectivity index (χ3n) is 2.96. The number of likely N-dealkylation sites (tertiary alicyclic amines) is 1. The van der Waals surface area contributed by atoms with Gasteiger partial charge in [0, 0.05) is 18.1 Å². The molecule has 1 aliphatic heterocycles. The summed E-state index contributed by atoms with van der Waals surface area (Å²) < 4.78 is 5.40. The molecule has 1 aromatic rings. The standard InChI is InChI=1S/C13H14ClNO4/c14-10-2-1-3-11(6-10)19-5-4-12(16)15-7-9(8-15)13(17)18/h1-3,6,9H,4-5,7-8H2,(H,17,18). The Labute approximate surface area is 115 Å². The van der Waals surface area contributed by atoms with E-state index in [4.69, 9.17) is 21.4 Å². The number of nitrogens with zero attached hydrogens (tertiary/aromatic N) is 1. The van der Waals surface area contributed by atoms with Crippen LogP contribution in [0.15, 0.2) is 24.3 Å². The van der Waals surface area contributed by atoms with E-state index in [0.29, 0.717) is 23.9 Å². The fourth-order valence-corrected chi connectivity index (χ4v) is 1.99. The fourth-order valence-electron chi connectivity index (χ4n) is 1.81. The molecule has 1 N–H and O–H groups in total. The van der Waals surface area contributed by atoms with Gasteiger partial charge < -0.3 is 14.7 Å². The highest BCUT2D eigenvalue weighted by Crippen LogP contribution is 2.19. The van der Waals surface area contributed by atoms with Crippen molar-refractivity contribution in [1.82, 2.24) is 4.90 Å². The van der Waals surface area contributed by atoms with Crippen molar-refractivity contribution in [1.29, 1.82) is 0 Å². The van der Waals surface area contributed by atoms with E-state index in [0.717, 1.165) is 0 Å². The molecule has 0 saturated carbocycles. The predicted molar refractivity (Wildman–Crippen MR) is 69.3 cm³/mol. The third kappa shape index (κ3) is 3.61. The fraction of sp³-hybridized carbons (Fsp3) is 0.385. The number of ether oxygens (including phenoxy) is 1. The minimum Gasteiger partial charge on any atom is -0.493 e. The van der Waals surface area contributed by atoms with E-state index in [1.54, 1.807) is 24.3 Å². The summed E-state index contributed by atoms with van der Waals surface area (Å²) in [5.74, 6) is -0.733. The lowest BCUT2D eigenvalue weighted by molar-refractivity contribution is -0.152. The number of hydrogen-bond donors (Lipinski definition) is 1. The van der Waals surface area contributed by atoms with Crippen LogP contribution in [-0.2, 0) is 9.59 Å². The zero-order valence-corrected chi connectivity index (χ0v) is 11.0. The van der Waals surface area contributed by atoms with E-state index in [2.05, 4.69) is 0 Å².